The molecule has 0 unspecified atom stereocenters. The fourth-order valence-electron chi connectivity index (χ4n) is 1.21. The van der Waals surface area contributed by atoms with Crippen molar-refractivity contribution in [3.05, 3.63) is 46.5 Å². The topological polar surface area (TPSA) is 28.7 Å². The number of aromatic nitrogens is 2. The van der Waals surface area contributed by atoms with Crippen LogP contribution in [0.4, 0.5) is 13.2 Å². The van der Waals surface area contributed by atoms with Crippen molar-refractivity contribution in [2.24, 2.45) is 0 Å². The van der Waals surface area contributed by atoms with Crippen LogP contribution in [0.15, 0.2) is 24.4 Å². The average molecular weight is 242 g/mol. The van der Waals surface area contributed by atoms with Crippen molar-refractivity contribution in [1.29, 1.82) is 0 Å². The molecule has 2 nitrogen and oxygen atoms in total. The number of halogens is 3. The number of nitrogens with zero attached hydrogens (tertiary/aromatic N) is 1. The van der Waals surface area contributed by atoms with Crippen LogP contribution in [-0.2, 0) is 0 Å². The SMILES string of the molecule is Fc1cc(-c2nccc(=S)[nH]2)cc(F)c1F. The maximum atomic E-state index is 12.9. The van der Waals surface area contributed by atoms with Crippen molar-refractivity contribution in [2.45, 2.75) is 0 Å². The molecule has 0 saturated heterocycles. The predicted octanol–water partition coefficient (Wildman–Crippen LogP) is 3.22. The normalized spacial score (nSPS) is 10.4. The van der Waals surface area contributed by atoms with E-state index in [1.807, 2.05) is 0 Å². The molecule has 2 rings (SSSR count). The van der Waals surface area contributed by atoms with Gasteiger partial charge in [-0.1, -0.05) is 12.2 Å². The van der Waals surface area contributed by atoms with E-state index in [4.69, 9.17) is 12.2 Å². The lowest BCUT2D eigenvalue weighted by Gasteiger charge is -2.02. The van der Waals surface area contributed by atoms with Gasteiger partial charge in [-0.25, -0.2) is 18.2 Å². The van der Waals surface area contributed by atoms with E-state index in [-0.39, 0.29) is 11.4 Å². The van der Waals surface area contributed by atoms with E-state index in [2.05, 4.69) is 9.97 Å². The maximum Gasteiger partial charge on any atom is 0.194 e. The van der Waals surface area contributed by atoms with E-state index in [0.29, 0.717) is 4.64 Å². The molecule has 0 amide bonds. The summed E-state index contributed by atoms with van der Waals surface area (Å²) in [6.07, 6.45) is 1.40. The Bertz CT molecular complexity index is 572. The van der Waals surface area contributed by atoms with Gasteiger partial charge in [-0.3, -0.25) is 0 Å². The minimum absolute atomic E-state index is 0.100. The monoisotopic (exact) mass is 242 g/mol. The molecule has 0 aliphatic heterocycles. The van der Waals surface area contributed by atoms with Crippen molar-refractivity contribution in [1.82, 2.24) is 9.97 Å². The molecule has 0 aliphatic rings. The average Bonchev–Trinajstić information content (AvgIpc) is 2.25. The Kier molecular flexibility index (Phi) is 2.74. The second-order valence-corrected chi connectivity index (χ2v) is 3.48. The summed E-state index contributed by atoms with van der Waals surface area (Å²) in [4.78, 5) is 6.49. The largest absolute Gasteiger partial charge is 0.331 e. The lowest BCUT2D eigenvalue weighted by Crippen LogP contribution is -1.94. The fraction of sp³-hybridized carbons (Fsp3) is 0. The molecule has 0 spiro atoms. The summed E-state index contributed by atoms with van der Waals surface area (Å²) < 4.78 is 39.0. The summed E-state index contributed by atoms with van der Waals surface area (Å²) in [5.74, 6) is -3.84. The zero-order valence-corrected chi connectivity index (χ0v) is 8.62. The van der Waals surface area contributed by atoms with Crippen molar-refractivity contribution in [3.63, 3.8) is 0 Å². The Hall–Kier alpha value is -1.69. The minimum Gasteiger partial charge on any atom is -0.331 e. The van der Waals surface area contributed by atoms with Gasteiger partial charge in [0.15, 0.2) is 17.5 Å². The first-order valence-electron chi connectivity index (χ1n) is 4.28. The van der Waals surface area contributed by atoms with Gasteiger partial charge >= 0.3 is 0 Å². The van der Waals surface area contributed by atoms with E-state index in [1.165, 1.54) is 12.3 Å². The van der Waals surface area contributed by atoms with Crippen LogP contribution >= 0.6 is 12.2 Å². The zero-order chi connectivity index (χ0) is 11.7. The molecule has 0 fully saturated rings. The van der Waals surface area contributed by atoms with Crippen LogP contribution in [-0.4, -0.2) is 9.97 Å². The van der Waals surface area contributed by atoms with Crippen molar-refractivity contribution >= 4 is 12.2 Å². The second kappa shape index (κ2) is 4.05. The minimum atomic E-state index is -1.50. The van der Waals surface area contributed by atoms with Gasteiger partial charge in [0.2, 0.25) is 0 Å². The van der Waals surface area contributed by atoms with Crippen molar-refractivity contribution in [3.8, 4) is 11.4 Å². The van der Waals surface area contributed by atoms with Crippen LogP contribution in [0.3, 0.4) is 0 Å². The third kappa shape index (κ3) is 1.96. The molecule has 16 heavy (non-hydrogen) atoms. The Morgan fingerprint density at radius 3 is 2.31 bits per heavy atom. The highest BCUT2D eigenvalue weighted by Crippen LogP contribution is 2.20. The first-order chi connectivity index (χ1) is 7.58. The van der Waals surface area contributed by atoms with Gasteiger partial charge in [0, 0.05) is 11.8 Å². The Morgan fingerprint density at radius 1 is 1.12 bits per heavy atom. The highest BCUT2D eigenvalue weighted by atomic mass is 32.1. The summed E-state index contributed by atoms with van der Waals surface area (Å²) in [6, 6.07) is 3.23. The molecule has 0 bridgehead atoms. The lowest BCUT2D eigenvalue weighted by atomic mass is 10.2. The zero-order valence-electron chi connectivity index (χ0n) is 7.80. The second-order valence-electron chi connectivity index (χ2n) is 3.04. The summed E-state index contributed by atoms with van der Waals surface area (Å²) in [6.45, 7) is 0. The fourth-order valence-corrected chi connectivity index (χ4v) is 1.37. The molecule has 82 valence electrons. The first kappa shape index (κ1) is 10.8. The van der Waals surface area contributed by atoms with E-state index >= 15 is 0 Å². The van der Waals surface area contributed by atoms with E-state index in [1.54, 1.807) is 0 Å². The Morgan fingerprint density at radius 2 is 1.75 bits per heavy atom. The molecule has 1 heterocycles. The summed E-state index contributed by atoms with van der Waals surface area (Å²) >= 11 is 4.83. The molecule has 0 atom stereocenters. The van der Waals surface area contributed by atoms with Crippen molar-refractivity contribution in [2.75, 3.05) is 0 Å². The summed E-state index contributed by atoms with van der Waals surface area (Å²) in [5.41, 5.74) is 0.100. The van der Waals surface area contributed by atoms with Gasteiger partial charge in [0.25, 0.3) is 0 Å². The molecule has 2 aromatic rings. The number of benzene rings is 1. The van der Waals surface area contributed by atoms with E-state index < -0.39 is 17.5 Å². The van der Waals surface area contributed by atoms with Crippen LogP contribution in [0.2, 0.25) is 0 Å². The lowest BCUT2D eigenvalue weighted by molar-refractivity contribution is 0.447. The Balaban J connectivity index is 2.61. The third-order valence-electron chi connectivity index (χ3n) is 1.93. The van der Waals surface area contributed by atoms with Crippen LogP contribution in [0, 0.1) is 22.1 Å². The molecule has 0 radical (unpaired) electrons. The molecule has 0 saturated carbocycles. The van der Waals surface area contributed by atoms with Crippen LogP contribution in [0.25, 0.3) is 11.4 Å². The molecule has 1 N–H and O–H groups in total. The van der Waals surface area contributed by atoms with Gasteiger partial charge in [0.05, 0.1) is 0 Å². The van der Waals surface area contributed by atoms with Crippen LogP contribution in [0.1, 0.15) is 0 Å². The van der Waals surface area contributed by atoms with Crippen LogP contribution < -0.4 is 0 Å². The third-order valence-corrected chi connectivity index (χ3v) is 2.17. The van der Waals surface area contributed by atoms with Gasteiger partial charge in [0.1, 0.15) is 10.5 Å². The number of hydrogen-bond acceptors (Lipinski definition) is 2. The number of rotatable bonds is 1. The smallest absolute Gasteiger partial charge is 0.194 e. The molecule has 1 aromatic heterocycles. The number of hydrogen-bond donors (Lipinski definition) is 1. The summed E-state index contributed by atoms with van der Waals surface area (Å²) in [5, 5.41) is 0. The van der Waals surface area contributed by atoms with Crippen LogP contribution in [0.5, 0.6) is 0 Å². The first-order valence-corrected chi connectivity index (χ1v) is 4.69. The molecular formula is C10H5F3N2S. The number of H-pyrrole nitrogens is 1. The van der Waals surface area contributed by atoms with E-state index in [0.717, 1.165) is 12.1 Å². The number of nitrogens with one attached hydrogen (secondary N) is 1. The molecule has 6 heteroatoms. The standard InChI is InChI=1S/C10H5F3N2S/c11-6-3-5(4-7(12)9(6)13)10-14-2-1-8(16)15-10/h1-4H,(H,14,15,16). The summed E-state index contributed by atoms with van der Waals surface area (Å²) in [7, 11) is 0. The molecular weight excluding hydrogens is 237 g/mol. The van der Waals surface area contributed by atoms with E-state index in [9.17, 15) is 13.2 Å². The predicted molar refractivity (Wildman–Crippen MR) is 54.7 cm³/mol. The molecule has 1 aromatic carbocycles. The van der Waals surface area contributed by atoms with Gasteiger partial charge in [-0.2, -0.15) is 0 Å². The maximum absolute atomic E-state index is 12.9. The highest BCUT2D eigenvalue weighted by Gasteiger charge is 2.12. The van der Waals surface area contributed by atoms with Crippen molar-refractivity contribution < 1.29 is 13.2 Å². The highest BCUT2D eigenvalue weighted by molar-refractivity contribution is 7.71. The quantitative estimate of drug-likeness (QED) is 0.614. The molecule has 0 aliphatic carbocycles. The van der Waals surface area contributed by atoms with Gasteiger partial charge < -0.3 is 4.98 Å². The number of aromatic amines is 1. The van der Waals surface area contributed by atoms with Gasteiger partial charge in [-0.15, -0.1) is 0 Å². The Labute approximate surface area is 93.8 Å². The van der Waals surface area contributed by atoms with Gasteiger partial charge in [-0.05, 0) is 18.2 Å².